The molecule has 1 aliphatic heterocycles. The molecule has 0 aliphatic carbocycles. The molecule has 1 N–H and O–H groups in total. The Balaban J connectivity index is 1.78. The highest BCUT2D eigenvalue weighted by Gasteiger charge is 2.30. The van der Waals surface area contributed by atoms with Crippen LogP contribution in [-0.2, 0) is 14.8 Å². The third kappa shape index (κ3) is 3.86. The lowest BCUT2D eigenvalue weighted by molar-refractivity contribution is -0.114. The van der Waals surface area contributed by atoms with Gasteiger partial charge in [-0.1, -0.05) is 6.07 Å². The lowest BCUT2D eigenvalue weighted by atomic mass is 10.2. The predicted molar refractivity (Wildman–Crippen MR) is 101 cm³/mol. The van der Waals surface area contributed by atoms with Crippen molar-refractivity contribution in [1.29, 1.82) is 0 Å². The van der Waals surface area contributed by atoms with Crippen LogP contribution < -0.4 is 10.2 Å². The monoisotopic (exact) mass is 374 g/mol. The number of nitrogens with one attached hydrogen (secondary N) is 1. The normalized spacial score (nSPS) is 15.7. The van der Waals surface area contributed by atoms with Crippen LogP contribution in [0.2, 0.25) is 0 Å². The van der Waals surface area contributed by atoms with Gasteiger partial charge in [0.2, 0.25) is 15.9 Å². The first-order chi connectivity index (χ1) is 12.4. The van der Waals surface area contributed by atoms with Crippen LogP contribution in [-0.4, -0.2) is 49.8 Å². The van der Waals surface area contributed by atoms with Gasteiger partial charge in [-0.05, 0) is 36.8 Å². The number of nitrogens with zero attached hydrogens (tertiary/aromatic N) is 3. The Kier molecular flexibility index (Phi) is 5.24. The predicted octanol–water partition coefficient (Wildman–Crippen LogP) is 1.86. The summed E-state index contributed by atoms with van der Waals surface area (Å²) in [6, 6.07) is 8.79. The van der Waals surface area contributed by atoms with Crippen LogP contribution in [0.3, 0.4) is 0 Å². The maximum absolute atomic E-state index is 13.1. The first-order valence-corrected chi connectivity index (χ1v) is 9.85. The highest BCUT2D eigenvalue weighted by Crippen LogP contribution is 2.25. The fourth-order valence-electron chi connectivity index (χ4n) is 3.04. The number of amides is 1. The fraction of sp³-hybridized carbons (Fsp3) is 0.333. The summed E-state index contributed by atoms with van der Waals surface area (Å²) in [6.07, 6.45) is 3.46. The Morgan fingerprint density at radius 1 is 1.08 bits per heavy atom. The van der Waals surface area contributed by atoms with E-state index in [9.17, 15) is 13.2 Å². The van der Waals surface area contributed by atoms with Gasteiger partial charge in [0.25, 0.3) is 0 Å². The molecule has 2 heterocycles. The van der Waals surface area contributed by atoms with Crippen molar-refractivity contribution in [2.24, 2.45) is 0 Å². The number of carbonyl (C=O) groups is 1. The number of sulfonamides is 1. The van der Waals surface area contributed by atoms with Crippen molar-refractivity contribution in [3.8, 4) is 0 Å². The molecule has 0 atom stereocenters. The Bertz CT molecular complexity index is 892. The highest BCUT2D eigenvalue weighted by atomic mass is 32.2. The molecule has 1 aliphatic rings. The topological polar surface area (TPSA) is 82.6 Å². The van der Waals surface area contributed by atoms with Crippen LogP contribution in [0.15, 0.2) is 47.6 Å². The van der Waals surface area contributed by atoms with Gasteiger partial charge >= 0.3 is 0 Å². The van der Waals surface area contributed by atoms with E-state index in [1.165, 1.54) is 17.3 Å². The lowest BCUT2D eigenvalue weighted by Crippen LogP contribution is -2.48. The van der Waals surface area contributed by atoms with Gasteiger partial charge in [-0.2, -0.15) is 4.31 Å². The molecule has 1 amide bonds. The number of pyridine rings is 1. The second-order valence-electron chi connectivity index (χ2n) is 6.26. The van der Waals surface area contributed by atoms with Crippen LogP contribution in [0.25, 0.3) is 0 Å². The third-order valence-electron chi connectivity index (χ3n) is 4.39. The molecular weight excluding hydrogens is 352 g/mol. The largest absolute Gasteiger partial charge is 0.369 e. The van der Waals surface area contributed by atoms with Crippen molar-refractivity contribution in [2.75, 3.05) is 36.4 Å². The molecule has 3 rings (SSSR count). The Morgan fingerprint density at radius 2 is 1.73 bits per heavy atom. The summed E-state index contributed by atoms with van der Waals surface area (Å²) in [5, 5.41) is 2.64. The summed E-state index contributed by atoms with van der Waals surface area (Å²) in [5.41, 5.74) is 2.19. The molecule has 1 aromatic carbocycles. The first kappa shape index (κ1) is 18.3. The second-order valence-corrected chi connectivity index (χ2v) is 8.16. The van der Waals surface area contributed by atoms with Crippen molar-refractivity contribution in [3.63, 3.8) is 0 Å². The number of hydrogen-bond acceptors (Lipinski definition) is 5. The SMILES string of the molecule is CC(=O)Nc1ccc(C)c(S(=O)(=O)N2CCN(c3ccncc3)CC2)c1. The summed E-state index contributed by atoms with van der Waals surface area (Å²) in [7, 11) is -3.61. The highest BCUT2D eigenvalue weighted by molar-refractivity contribution is 7.89. The number of benzene rings is 1. The third-order valence-corrected chi connectivity index (χ3v) is 6.43. The van der Waals surface area contributed by atoms with Crippen molar-refractivity contribution in [3.05, 3.63) is 48.3 Å². The molecule has 0 unspecified atom stereocenters. The summed E-state index contributed by atoms with van der Waals surface area (Å²) in [5.74, 6) is -0.233. The zero-order valence-corrected chi connectivity index (χ0v) is 15.7. The molecule has 0 spiro atoms. The molecule has 2 aromatic rings. The lowest BCUT2D eigenvalue weighted by Gasteiger charge is -2.35. The van der Waals surface area contributed by atoms with Gasteiger partial charge in [-0.15, -0.1) is 0 Å². The van der Waals surface area contributed by atoms with Crippen LogP contribution in [0.1, 0.15) is 12.5 Å². The number of piperazine rings is 1. The van der Waals surface area contributed by atoms with Crippen molar-refractivity contribution in [2.45, 2.75) is 18.7 Å². The molecule has 26 heavy (non-hydrogen) atoms. The van der Waals surface area contributed by atoms with E-state index in [0.29, 0.717) is 37.4 Å². The van der Waals surface area contributed by atoms with E-state index >= 15 is 0 Å². The average molecular weight is 374 g/mol. The summed E-state index contributed by atoms with van der Waals surface area (Å²) in [6.45, 7) is 5.22. The van der Waals surface area contributed by atoms with Gasteiger partial charge in [-0.3, -0.25) is 9.78 Å². The zero-order valence-electron chi connectivity index (χ0n) is 14.8. The number of rotatable bonds is 4. The van der Waals surface area contributed by atoms with Gasteiger partial charge < -0.3 is 10.2 Å². The molecule has 1 saturated heterocycles. The number of anilines is 2. The quantitative estimate of drug-likeness (QED) is 0.883. The second kappa shape index (κ2) is 7.43. The molecular formula is C18H22N4O3S. The van der Waals surface area contributed by atoms with Gasteiger partial charge in [0.1, 0.15) is 0 Å². The standard InChI is InChI=1S/C18H22N4O3S/c1-14-3-4-16(20-15(2)23)13-18(14)26(24,25)22-11-9-21(10-12-22)17-5-7-19-8-6-17/h3-8,13H,9-12H2,1-2H3,(H,20,23). The number of hydrogen-bond donors (Lipinski definition) is 1. The average Bonchev–Trinajstić information content (AvgIpc) is 2.63. The van der Waals surface area contributed by atoms with Crippen LogP contribution in [0, 0.1) is 6.92 Å². The Morgan fingerprint density at radius 3 is 2.35 bits per heavy atom. The number of carbonyl (C=O) groups excluding carboxylic acids is 1. The van der Waals surface area contributed by atoms with E-state index in [4.69, 9.17) is 0 Å². The number of aryl methyl sites for hydroxylation is 1. The van der Waals surface area contributed by atoms with Gasteiger partial charge in [0.05, 0.1) is 4.90 Å². The Labute approximate surface area is 153 Å². The van der Waals surface area contributed by atoms with E-state index in [0.717, 1.165) is 5.69 Å². The maximum Gasteiger partial charge on any atom is 0.243 e. The smallest absolute Gasteiger partial charge is 0.243 e. The summed E-state index contributed by atoms with van der Waals surface area (Å²) in [4.78, 5) is 17.6. The molecule has 0 saturated carbocycles. The van der Waals surface area contributed by atoms with E-state index < -0.39 is 10.0 Å². The van der Waals surface area contributed by atoms with Crippen molar-refractivity contribution in [1.82, 2.24) is 9.29 Å². The first-order valence-electron chi connectivity index (χ1n) is 8.41. The van der Waals surface area contributed by atoms with E-state index in [1.807, 2.05) is 12.1 Å². The number of aromatic nitrogens is 1. The zero-order chi connectivity index (χ0) is 18.7. The van der Waals surface area contributed by atoms with Gasteiger partial charge in [-0.25, -0.2) is 8.42 Å². The van der Waals surface area contributed by atoms with Crippen LogP contribution in [0.5, 0.6) is 0 Å². The minimum atomic E-state index is -3.61. The molecule has 138 valence electrons. The summed E-state index contributed by atoms with van der Waals surface area (Å²) < 4.78 is 27.7. The summed E-state index contributed by atoms with van der Waals surface area (Å²) >= 11 is 0. The fourth-order valence-corrected chi connectivity index (χ4v) is 4.71. The molecule has 0 bridgehead atoms. The molecule has 8 heteroatoms. The molecule has 1 fully saturated rings. The molecule has 7 nitrogen and oxygen atoms in total. The minimum absolute atomic E-state index is 0.233. The minimum Gasteiger partial charge on any atom is -0.369 e. The van der Waals surface area contributed by atoms with Crippen LogP contribution in [0.4, 0.5) is 11.4 Å². The van der Waals surface area contributed by atoms with Gasteiger partial charge in [0, 0.05) is 56.9 Å². The van der Waals surface area contributed by atoms with E-state index in [1.54, 1.807) is 31.5 Å². The molecule has 1 aromatic heterocycles. The Hall–Kier alpha value is -2.45. The van der Waals surface area contributed by atoms with E-state index in [2.05, 4.69) is 15.2 Å². The van der Waals surface area contributed by atoms with Crippen LogP contribution >= 0.6 is 0 Å². The molecule has 0 radical (unpaired) electrons. The van der Waals surface area contributed by atoms with Crippen molar-refractivity contribution >= 4 is 27.3 Å². The van der Waals surface area contributed by atoms with Gasteiger partial charge in [0.15, 0.2) is 0 Å². The van der Waals surface area contributed by atoms with E-state index in [-0.39, 0.29) is 10.8 Å². The van der Waals surface area contributed by atoms with Crippen molar-refractivity contribution < 1.29 is 13.2 Å². The maximum atomic E-state index is 13.1.